The van der Waals surface area contributed by atoms with Crippen molar-refractivity contribution >= 4 is 22.6 Å². The van der Waals surface area contributed by atoms with Crippen molar-refractivity contribution in [2.75, 3.05) is 5.73 Å². The fraction of sp³-hybridized carbons (Fsp3) is 0.419. The number of hydrogen-bond donors (Lipinski definition) is 2. The summed E-state index contributed by atoms with van der Waals surface area (Å²) in [6, 6.07) is 3.51. The minimum atomic E-state index is -0.772. The summed E-state index contributed by atoms with van der Waals surface area (Å²) in [5.74, 6) is -0.772. The van der Waals surface area contributed by atoms with Gasteiger partial charge in [0.25, 0.3) is 5.91 Å². The van der Waals surface area contributed by atoms with Crippen LogP contribution in [0.15, 0.2) is 70.0 Å². The number of carbonyl (C=O) groups is 1. The van der Waals surface area contributed by atoms with Crippen molar-refractivity contribution in [2.24, 2.45) is 5.73 Å². The van der Waals surface area contributed by atoms with Gasteiger partial charge in [0, 0.05) is 17.1 Å². The predicted octanol–water partition coefficient (Wildman–Crippen LogP) is 7.47. The molecule has 0 atom stereocenters. The molecule has 2 aromatic rings. The molecule has 2 rings (SSSR count). The summed E-state index contributed by atoms with van der Waals surface area (Å²) in [5, 5.41) is 0.760. The SMILES string of the molecule is CCCCC/C=C\C/C=C\C/C=C\C/C=C\CCCCc1cc(N)cc2oc(=O)c(C(N)=O)c(C)c12. The van der Waals surface area contributed by atoms with Crippen molar-refractivity contribution in [1.29, 1.82) is 0 Å². The van der Waals surface area contributed by atoms with E-state index in [0.717, 1.165) is 55.9 Å². The zero-order valence-electron chi connectivity index (χ0n) is 21.9. The van der Waals surface area contributed by atoms with Gasteiger partial charge in [-0.05, 0) is 81.9 Å². The summed E-state index contributed by atoms with van der Waals surface area (Å²) in [6.07, 6.45) is 29.6. The number of anilines is 1. The lowest BCUT2D eigenvalue weighted by molar-refractivity contribution is 0.0996. The fourth-order valence-electron chi connectivity index (χ4n) is 4.25. The standard InChI is InChI=1S/C31H42N2O3/c1-3-4-5-6-7-8-9-10-11-12-13-14-15-16-17-18-19-20-21-25-22-26(32)23-27-28(25)24(2)29(30(33)34)31(35)36-27/h7-8,10-11,13-14,16-17,22-23H,3-6,9,12,15,18-21,32H2,1-2H3,(H2,33,34)/b8-7-,11-10-,14-13-,17-16-. The van der Waals surface area contributed by atoms with Gasteiger partial charge < -0.3 is 15.9 Å². The van der Waals surface area contributed by atoms with Crippen LogP contribution in [-0.4, -0.2) is 5.91 Å². The van der Waals surface area contributed by atoms with Gasteiger partial charge in [0.2, 0.25) is 0 Å². The number of rotatable bonds is 16. The van der Waals surface area contributed by atoms with Crippen LogP contribution in [-0.2, 0) is 6.42 Å². The molecule has 1 aromatic heterocycles. The van der Waals surface area contributed by atoms with E-state index in [1.54, 1.807) is 13.0 Å². The second-order valence-electron chi connectivity index (χ2n) is 9.14. The molecule has 0 unspecified atom stereocenters. The lowest BCUT2D eigenvalue weighted by Crippen LogP contribution is -2.23. The lowest BCUT2D eigenvalue weighted by atomic mass is 9.96. The van der Waals surface area contributed by atoms with Crippen LogP contribution >= 0.6 is 0 Å². The monoisotopic (exact) mass is 490 g/mol. The van der Waals surface area contributed by atoms with E-state index in [0.29, 0.717) is 16.8 Å². The quantitative estimate of drug-likeness (QED) is 0.110. The molecular formula is C31H42N2O3. The number of nitrogen functional groups attached to an aromatic ring is 1. The molecule has 1 amide bonds. The first kappa shape index (κ1) is 28.9. The summed E-state index contributed by atoms with van der Waals surface area (Å²) < 4.78 is 5.34. The molecule has 5 heteroatoms. The number of allylic oxidation sites excluding steroid dienone is 8. The highest BCUT2D eigenvalue weighted by Crippen LogP contribution is 2.27. The molecular weight excluding hydrogens is 448 g/mol. The fourth-order valence-corrected chi connectivity index (χ4v) is 4.25. The molecule has 0 aliphatic heterocycles. The molecule has 0 aliphatic rings. The average molecular weight is 491 g/mol. The number of nitrogens with two attached hydrogens (primary N) is 2. The van der Waals surface area contributed by atoms with Gasteiger partial charge in [-0.1, -0.05) is 68.4 Å². The van der Waals surface area contributed by atoms with Crippen molar-refractivity contribution in [1.82, 2.24) is 0 Å². The Bertz CT molecular complexity index is 1150. The van der Waals surface area contributed by atoms with Crippen LogP contribution in [0.5, 0.6) is 0 Å². The highest BCUT2D eigenvalue weighted by atomic mass is 16.4. The smallest absolute Gasteiger partial charge is 0.349 e. The van der Waals surface area contributed by atoms with Crippen LogP contribution in [0.2, 0.25) is 0 Å². The van der Waals surface area contributed by atoms with Crippen molar-refractivity contribution < 1.29 is 9.21 Å². The molecule has 0 saturated heterocycles. The Morgan fingerprint density at radius 3 is 1.97 bits per heavy atom. The molecule has 0 saturated carbocycles. The second kappa shape index (κ2) is 16.4. The van der Waals surface area contributed by atoms with E-state index in [4.69, 9.17) is 15.9 Å². The minimum absolute atomic E-state index is 0.0883. The van der Waals surface area contributed by atoms with E-state index in [9.17, 15) is 9.59 Å². The summed E-state index contributed by atoms with van der Waals surface area (Å²) in [7, 11) is 0. The van der Waals surface area contributed by atoms with Gasteiger partial charge in [0.05, 0.1) is 0 Å². The summed E-state index contributed by atoms with van der Waals surface area (Å²) in [5.41, 5.74) is 13.1. The van der Waals surface area contributed by atoms with Crippen LogP contribution < -0.4 is 17.1 Å². The first-order valence-corrected chi connectivity index (χ1v) is 13.2. The Morgan fingerprint density at radius 1 is 0.861 bits per heavy atom. The average Bonchev–Trinajstić information content (AvgIpc) is 2.82. The third kappa shape index (κ3) is 9.73. The summed E-state index contributed by atoms with van der Waals surface area (Å²) >= 11 is 0. The zero-order chi connectivity index (χ0) is 26.2. The van der Waals surface area contributed by atoms with Gasteiger partial charge in [-0.3, -0.25) is 4.79 Å². The Labute approximate surface area is 215 Å². The van der Waals surface area contributed by atoms with Gasteiger partial charge in [0.1, 0.15) is 11.1 Å². The maximum absolute atomic E-state index is 12.1. The zero-order valence-corrected chi connectivity index (χ0v) is 21.9. The predicted molar refractivity (Wildman–Crippen MR) is 152 cm³/mol. The number of primary amides is 1. The van der Waals surface area contributed by atoms with Gasteiger partial charge in [-0.25, -0.2) is 4.79 Å². The molecule has 4 N–H and O–H groups in total. The minimum Gasteiger partial charge on any atom is -0.422 e. The lowest BCUT2D eigenvalue weighted by Gasteiger charge is -2.11. The number of unbranched alkanes of at least 4 members (excludes halogenated alkanes) is 5. The van der Waals surface area contributed by atoms with E-state index >= 15 is 0 Å². The number of benzene rings is 1. The molecule has 0 bridgehead atoms. The van der Waals surface area contributed by atoms with E-state index in [1.807, 2.05) is 6.07 Å². The summed E-state index contributed by atoms with van der Waals surface area (Å²) in [4.78, 5) is 23.8. The van der Waals surface area contributed by atoms with E-state index in [1.165, 1.54) is 25.7 Å². The van der Waals surface area contributed by atoms with Gasteiger partial charge in [-0.15, -0.1) is 0 Å². The largest absolute Gasteiger partial charge is 0.422 e. The Morgan fingerprint density at radius 2 is 1.42 bits per heavy atom. The van der Waals surface area contributed by atoms with Crippen molar-refractivity contribution in [2.45, 2.75) is 84.5 Å². The third-order valence-corrected chi connectivity index (χ3v) is 6.13. The molecule has 194 valence electrons. The van der Waals surface area contributed by atoms with Crippen LogP contribution in [0.4, 0.5) is 5.69 Å². The first-order valence-electron chi connectivity index (χ1n) is 13.2. The molecule has 0 spiro atoms. The van der Waals surface area contributed by atoms with Gasteiger partial charge >= 0.3 is 5.63 Å². The number of hydrogen-bond acceptors (Lipinski definition) is 4. The number of carbonyl (C=O) groups excluding carboxylic acids is 1. The van der Waals surface area contributed by atoms with Crippen LogP contribution in [0, 0.1) is 6.92 Å². The molecule has 5 nitrogen and oxygen atoms in total. The molecule has 36 heavy (non-hydrogen) atoms. The van der Waals surface area contributed by atoms with E-state index in [2.05, 4.69) is 55.5 Å². The topological polar surface area (TPSA) is 99.3 Å². The molecule has 0 fully saturated rings. The van der Waals surface area contributed by atoms with Crippen molar-refractivity contribution in [3.05, 3.63) is 87.9 Å². The van der Waals surface area contributed by atoms with Gasteiger partial charge in [0.15, 0.2) is 0 Å². The maximum atomic E-state index is 12.1. The molecule has 1 heterocycles. The van der Waals surface area contributed by atoms with Crippen molar-refractivity contribution in [3.63, 3.8) is 0 Å². The van der Waals surface area contributed by atoms with Gasteiger partial charge in [-0.2, -0.15) is 0 Å². The number of fused-ring (bicyclic) bond motifs is 1. The van der Waals surface area contributed by atoms with Crippen LogP contribution in [0.3, 0.4) is 0 Å². The normalized spacial score (nSPS) is 12.3. The molecule has 0 aliphatic carbocycles. The molecule has 1 aromatic carbocycles. The Kier molecular flexibility index (Phi) is 13.1. The van der Waals surface area contributed by atoms with E-state index < -0.39 is 11.5 Å². The Balaban J connectivity index is 1.72. The van der Waals surface area contributed by atoms with Crippen LogP contribution in [0.25, 0.3) is 11.0 Å². The highest BCUT2D eigenvalue weighted by molar-refractivity contribution is 5.99. The molecule has 0 radical (unpaired) electrons. The Hall–Kier alpha value is -3.34. The van der Waals surface area contributed by atoms with Crippen molar-refractivity contribution in [3.8, 4) is 0 Å². The first-order chi connectivity index (χ1) is 17.5. The number of amides is 1. The maximum Gasteiger partial charge on any atom is 0.349 e. The number of aryl methyl sites for hydroxylation is 2. The van der Waals surface area contributed by atoms with E-state index in [-0.39, 0.29) is 5.56 Å². The highest BCUT2D eigenvalue weighted by Gasteiger charge is 2.18. The second-order valence-corrected chi connectivity index (χ2v) is 9.14. The van der Waals surface area contributed by atoms with Crippen LogP contribution in [0.1, 0.15) is 92.6 Å². The third-order valence-electron chi connectivity index (χ3n) is 6.13. The summed E-state index contributed by atoms with van der Waals surface area (Å²) in [6.45, 7) is 3.97.